The first-order valence-electron chi connectivity index (χ1n) is 9.54. The van der Waals surface area contributed by atoms with Crippen LogP contribution in [-0.2, 0) is 18.4 Å². The van der Waals surface area contributed by atoms with Crippen LogP contribution in [0.25, 0.3) is 22.5 Å². The van der Waals surface area contributed by atoms with Gasteiger partial charge in [-0.25, -0.2) is 9.97 Å². The summed E-state index contributed by atoms with van der Waals surface area (Å²) in [5.41, 5.74) is 2.87. The molecule has 0 fully saturated rings. The molecular formula is C21H28N4O3S. The summed E-state index contributed by atoms with van der Waals surface area (Å²) in [6.07, 6.45) is 0. The second kappa shape index (κ2) is 7.59. The lowest BCUT2D eigenvalue weighted by Crippen LogP contribution is -2.40. The van der Waals surface area contributed by atoms with Gasteiger partial charge in [0.25, 0.3) is 5.56 Å². The Balaban J connectivity index is 2.23. The van der Waals surface area contributed by atoms with Crippen molar-refractivity contribution in [3.05, 3.63) is 45.2 Å². The summed E-state index contributed by atoms with van der Waals surface area (Å²) >= 11 is -1.26. The van der Waals surface area contributed by atoms with Gasteiger partial charge in [-0.3, -0.25) is 9.36 Å². The second-order valence-electron chi connectivity index (χ2n) is 8.42. The first-order chi connectivity index (χ1) is 13.4. The molecule has 0 saturated carbocycles. The van der Waals surface area contributed by atoms with Crippen LogP contribution in [0.3, 0.4) is 0 Å². The SMILES string of the molecule is Cc1cc(C(C)N[S+]([O-])C(C)(C)C)c2nc(-c3oc(C)nc3C)n(C)c(=O)c2c1. The third kappa shape index (κ3) is 4.10. The molecule has 2 aromatic heterocycles. The van der Waals surface area contributed by atoms with Crippen LogP contribution in [0, 0.1) is 20.8 Å². The van der Waals surface area contributed by atoms with Crippen molar-refractivity contribution in [3.8, 4) is 11.6 Å². The molecule has 3 rings (SSSR count). The van der Waals surface area contributed by atoms with Gasteiger partial charge in [0.1, 0.15) is 4.75 Å². The van der Waals surface area contributed by atoms with E-state index in [4.69, 9.17) is 9.40 Å². The third-order valence-corrected chi connectivity index (χ3v) is 6.45. The Morgan fingerprint density at radius 3 is 2.41 bits per heavy atom. The predicted molar refractivity (Wildman–Crippen MR) is 116 cm³/mol. The molecule has 3 aromatic rings. The topological polar surface area (TPSA) is 96.0 Å². The van der Waals surface area contributed by atoms with Crippen molar-refractivity contribution in [1.82, 2.24) is 19.3 Å². The Kier molecular flexibility index (Phi) is 5.64. The summed E-state index contributed by atoms with van der Waals surface area (Å²) in [7, 11) is 1.68. The molecule has 7 nitrogen and oxygen atoms in total. The van der Waals surface area contributed by atoms with Gasteiger partial charge in [0.05, 0.1) is 22.6 Å². The number of benzene rings is 1. The smallest absolute Gasteiger partial charge is 0.261 e. The highest BCUT2D eigenvalue weighted by molar-refractivity contribution is 7.90. The summed E-state index contributed by atoms with van der Waals surface area (Å²) < 4.78 is 22.6. The fourth-order valence-electron chi connectivity index (χ4n) is 3.23. The van der Waals surface area contributed by atoms with E-state index in [1.165, 1.54) is 4.57 Å². The van der Waals surface area contributed by atoms with Crippen molar-refractivity contribution in [2.24, 2.45) is 7.05 Å². The first kappa shape index (κ1) is 21.5. The average Bonchev–Trinajstić information content (AvgIpc) is 2.95. The number of rotatable bonds is 4. The van der Waals surface area contributed by atoms with E-state index in [1.54, 1.807) is 14.0 Å². The molecule has 0 aliphatic rings. The second-order valence-corrected chi connectivity index (χ2v) is 10.4. The first-order valence-corrected chi connectivity index (χ1v) is 10.7. The molecule has 0 bridgehead atoms. The molecule has 2 atom stereocenters. The molecule has 0 aliphatic carbocycles. The molecule has 8 heteroatoms. The average molecular weight is 417 g/mol. The summed E-state index contributed by atoms with van der Waals surface area (Å²) in [6, 6.07) is 3.56. The zero-order valence-electron chi connectivity index (χ0n) is 18.2. The van der Waals surface area contributed by atoms with Gasteiger partial charge in [-0.2, -0.15) is 0 Å². The summed E-state index contributed by atoms with van der Waals surface area (Å²) in [5, 5.41) is 0.523. The standard InChI is InChI=1S/C21H28N4O3S/c1-11-9-15(12(2)24-29(27)21(5,6)7)17-16(10-11)20(26)25(8)19(23-17)18-13(3)22-14(4)28-18/h9-10,12,24H,1-8H3. The Hall–Kier alpha value is -2.16. The van der Waals surface area contributed by atoms with Crippen LogP contribution in [0.5, 0.6) is 0 Å². The summed E-state index contributed by atoms with van der Waals surface area (Å²) in [4.78, 5) is 22.2. The zero-order chi connectivity index (χ0) is 21.7. The van der Waals surface area contributed by atoms with E-state index in [1.807, 2.05) is 53.7 Å². The summed E-state index contributed by atoms with van der Waals surface area (Å²) in [6.45, 7) is 13.2. The van der Waals surface area contributed by atoms with Crippen LogP contribution in [0.1, 0.15) is 56.4 Å². The molecule has 1 aromatic carbocycles. The van der Waals surface area contributed by atoms with Gasteiger partial charge in [-0.1, -0.05) is 6.07 Å². The third-order valence-electron chi connectivity index (χ3n) is 4.77. The number of aryl methyl sites for hydroxylation is 3. The van der Waals surface area contributed by atoms with Crippen molar-refractivity contribution in [3.63, 3.8) is 0 Å². The molecule has 1 N–H and O–H groups in total. The molecular weight excluding hydrogens is 388 g/mol. The quantitative estimate of drug-likeness (QED) is 0.653. The molecule has 2 heterocycles. The van der Waals surface area contributed by atoms with Gasteiger partial charge in [0.15, 0.2) is 17.5 Å². The van der Waals surface area contributed by atoms with Gasteiger partial charge < -0.3 is 8.97 Å². The number of fused-ring (bicyclic) bond motifs is 1. The maximum absolute atomic E-state index is 13.1. The minimum atomic E-state index is -1.26. The highest BCUT2D eigenvalue weighted by Crippen LogP contribution is 2.28. The van der Waals surface area contributed by atoms with Gasteiger partial charge in [0, 0.05) is 30.9 Å². The van der Waals surface area contributed by atoms with Gasteiger partial charge in [-0.15, -0.1) is 4.72 Å². The van der Waals surface area contributed by atoms with Crippen molar-refractivity contribution < 1.29 is 8.97 Å². The number of oxazole rings is 1. The number of nitrogens with one attached hydrogen (secondary N) is 1. The van der Waals surface area contributed by atoms with Crippen molar-refractivity contribution in [2.45, 2.75) is 59.3 Å². The monoisotopic (exact) mass is 416 g/mol. The van der Waals surface area contributed by atoms with E-state index >= 15 is 0 Å². The molecule has 29 heavy (non-hydrogen) atoms. The molecule has 2 unspecified atom stereocenters. The largest absolute Gasteiger partial charge is 0.598 e. The van der Waals surface area contributed by atoms with E-state index in [9.17, 15) is 9.35 Å². The van der Waals surface area contributed by atoms with Crippen molar-refractivity contribution in [2.75, 3.05) is 0 Å². The molecule has 156 valence electrons. The molecule has 0 spiro atoms. The van der Waals surface area contributed by atoms with E-state index in [-0.39, 0.29) is 11.6 Å². The fraction of sp³-hybridized carbons (Fsp3) is 0.476. The van der Waals surface area contributed by atoms with Crippen LogP contribution in [-0.4, -0.2) is 23.8 Å². The maximum atomic E-state index is 13.1. The van der Waals surface area contributed by atoms with E-state index in [0.29, 0.717) is 34.1 Å². The number of aromatic nitrogens is 3. The van der Waals surface area contributed by atoms with E-state index in [2.05, 4.69) is 9.71 Å². The summed E-state index contributed by atoms with van der Waals surface area (Å²) in [5.74, 6) is 1.43. The van der Waals surface area contributed by atoms with Gasteiger partial charge in [0.2, 0.25) is 0 Å². The maximum Gasteiger partial charge on any atom is 0.261 e. The minimum Gasteiger partial charge on any atom is -0.598 e. The van der Waals surface area contributed by atoms with Crippen LogP contribution < -0.4 is 10.3 Å². The van der Waals surface area contributed by atoms with Crippen molar-refractivity contribution in [1.29, 1.82) is 0 Å². The van der Waals surface area contributed by atoms with Crippen LogP contribution >= 0.6 is 0 Å². The molecule has 0 radical (unpaired) electrons. The number of hydrogen-bond donors (Lipinski definition) is 1. The normalized spacial score (nSPS) is 14.4. The zero-order valence-corrected chi connectivity index (χ0v) is 19.0. The highest BCUT2D eigenvalue weighted by Gasteiger charge is 2.29. The Labute approximate surface area is 173 Å². The number of hydrogen-bond acceptors (Lipinski definition) is 6. The highest BCUT2D eigenvalue weighted by atomic mass is 32.2. The van der Waals surface area contributed by atoms with Gasteiger partial charge in [-0.05, 0) is 53.2 Å². The predicted octanol–water partition coefficient (Wildman–Crippen LogP) is 3.63. The fourth-order valence-corrected chi connectivity index (χ4v) is 4.03. The van der Waals surface area contributed by atoms with Crippen LogP contribution in [0.15, 0.2) is 21.3 Å². The molecule has 0 aliphatic heterocycles. The minimum absolute atomic E-state index is 0.160. The lowest BCUT2D eigenvalue weighted by Gasteiger charge is -2.27. The van der Waals surface area contributed by atoms with Crippen molar-refractivity contribution >= 4 is 22.3 Å². The molecule has 0 amide bonds. The van der Waals surface area contributed by atoms with E-state index < -0.39 is 16.1 Å². The molecule has 0 saturated heterocycles. The van der Waals surface area contributed by atoms with Gasteiger partial charge >= 0.3 is 0 Å². The number of nitrogens with zero attached hydrogens (tertiary/aromatic N) is 3. The lowest BCUT2D eigenvalue weighted by molar-refractivity contribution is 0.526. The Morgan fingerprint density at radius 2 is 1.86 bits per heavy atom. The van der Waals surface area contributed by atoms with E-state index in [0.717, 1.165) is 11.1 Å². The van der Waals surface area contributed by atoms with Crippen LogP contribution in [0.2, 0.25) is 0 Å². The van der Waals surface area contributed by atoms with Crippen LogP contribution in [0.4, 0.5) is 0 Å². The lowest BCUT2D eigenvalue weighted by atomic mass is 10.0. The Bertz CT molecular complexity index is 1130. The Morgan fingerprint density at radius 1 is 1.21 bits per heavy atom.